The molecule has 0 N–H and O–H groups in total. The first-order chi connectivity index (χ1) is 12.7. The molecule has 26 heavy (non-hydrogen) atoms. The van der Waals surface area contributed by atoms with Gasteiger partial charge in [-0.3, -0.25) is 9.47 Å². The minimum Gasteiger partial charge on any atom is -0.339 e. The van der Waals surface area contributed by atoms with Crippen molar-refractivity contribution in [1.82, 2.24) is 14.5 Å². The van der Waals surface area contributed by atoms with Gasteiger partial charge < -0.3 is 4.90 Å². The molecule has 1 aliphatic rings. The molecule has 134 valence electrons. The van der Waals surface area contributed by atoms with E-state index in [0.717, 1.165) is 32.1 Å². The van der Waals surface area contributed by atoms with Crippen molar-refractivity contribution in [1.29, 1.82) is 0 Å². The Morgan fingerprint density at radius 1 is 0.885 bits per heavy atom. The summed E-state index contributed by atoms with van der Waals surface area (Å²) >= 11 is 0. The number of anilines is 1. The number of benzene rings is 2. The van der Waals surface area contributed by atoms with Crippen molar-refractivity contribution >= 4 is 5.95 Å². The topological polar surface area (TPSA) is 24.3 Å². The molecule has 4 heteroatoms. The van der Waals surface area contributed by atoms with Crippen LogP contribution in [0.15, 0.2) is 67.0 Å². The fraction of sp³-hybridized carbons (Fsp3) is 0.318. The number of imidazole rings is 1. The van der Waals surface area contributed by atoms with E-state index in [1.165, 1.54) is 16.8 Å². The van der Waals surface area contributed by atoms with Crippen molar-refractivity contribution in [3.63, 3.8) is 0 Å². The molecular weight excluding hydrogens is 320 g/mol. The van der Waals surface area contributed by atoms with Gasteiger partial charge in [0, 0.05) is 50.3 Å². The molecule has 3 aromatic rings. The van der Waals surface area contributed by atoms with Gasteiger partial charge in [-0.25, -0.2) is 4.98 Å². The molecule has 1 aliphatic heterocycles. The maximum absolute atomic E-state index is 4.64. The van der Waals surface area contributed by atoms with Crippen LogP contribution in [-0.4, -0.2) is 40.6 Å². The molecule has 4 rings (SSSR count). The van der Waals surface area contributed by atoms with E-state index in [0.29, 0.717) is 6.04 Å². The second-order valence-electron chi connectivity index (χ2n) is 7.04. The van der Waals surface area contributed by atoms with Crippen molar-refractivity contribution in [2.75, 3.05) is 31.1 Å². The standard InChI is InChI=1S/C22H26N4/c1-18-8-10-21(11-9-18)26-13-12-23-22(26)25-16-14-24(15-17-25)19(2)20-6-4-3-5-7-20/h3-13,19H,14-17H2,1-2H3. The number of nitrogens with zero attached hydrogens (tertiary/aromatic N) is 4. The van der Waals surface area contributed by atoms with Gasteiger partial charge in [0.05, 0.1) is 0 Å². The normalized spacial score (nSPS) is 16.6. The number of aryl methyl sites for hydroxylation is 1. The number of aromatic nitrogens is 2. The summed E-state index contributed by atoms with van der Waals surface area (Å²) in [7, 11) is 0. The quantitative estimate of drug-likeness (QED) is 0.712. The van der Waals surface area contributed by atoms with Crippen LogP contribution in [0.2, 0.25) is 0 Å². The highest BCUT2D eigenvalue weighted by atomic mass is 15.4. The molecule has 0 saturated carbocycles. The van der Waals surface area contributed by atoms with Crippen LogP contribution < -0.4 is 4.90 Å². The lowest BCUT2D eigenvalue weighted by Gasteiger charge is -2.38. The van der Waals surface area contributed by atoms with Crippen molar-refractivity contribution in [2.24, 2.45) is 0 Å². The highest BCUT2D eigenvalue weighted by Crippen LogP contribution is 2.24. The third-order valence-electron chi connectivity index (χ3n) is 5.36. The van der Waals surface area contributed by atoms with Crippen LogP contribution in [0.5, 0.6) is 0 Å². The zero-order valence-electron chi connectivity index (χ0n) is 15.5. The highest BCUT2D eigenvalue weighted by Gasteiger charge is 2.24. The molecular formula is C22H26N4. The molecule has 0 spiro atoms. The third kappa shape index (κ3) is 3.37. The molecule has 1 fully saturated rings. The second-order valence-corrected chi connectivity index (χ2v) is 7.04. The lowest BCUT2D eigenvalue weighted by Crippen LogP contribution is -2.47. The molecule has 1 unspecified atom stereocenters. The monoisotopic (exact) mass is 346 g/mol. The van der Waals surface area contributed by atoms with Gasteiger partial charge in [0.15, 0.2) is 0 Å². The van der Waals surface area contributed by atoms with Crippen molar-refractivity contribution in [2.45, 2.75) is 19.9 Å². The number of hydrogen-bond donors (Lipinski definition) is 0. The SMILES string of the molecule is Cc1ccc(-n2ccnc2N2CCN(C(C)c3ccccc3)CC2)cc1. The highest BCUT2D eigenvalue weighted by molar-refractivity contribution is 5.44. The van der Waals surface area contributed by atoms with E-state index in [4.69, 9.17) is 0 Å². The Morgan fingerprint density at radius 2 is 1.58 bits per heavy atom. The minimum absolute atomic E-state index is 0.454. The van der Waals surface area contributed by atoms with E-state index >= 15 is 0 Å². The van der Waals surface area contributed by atoms with Crippen LogP contribution >= 0.6 is 0 Å². The predicted molar refractivity (Wildman–Crippen MR) is 107 cm³/mol. The van der Waals surface area contributed by atoms with Crippen LogP contribution in [0.1, 0.15) is 24.1 Å². The summed E-state index contributed by atoms with van der Waals surface area (Å²) in [4.78, 5) is 9.59. The van der Waals surface area contributed by atoms with E-state index in [-0.39, 0.29) is 0 Å². The van der Waals surface area contributed by atoms with Crippen LogP contribution in [0.25, 0.3) is 5.69 Å². The van der Waals surface area contributed by atoms with E-state index in [2.05, 4.69) is 94.0 Å². The molecule has 0 radical (unpaired) electrons. The van der Waals surface area contributed by atoms with Crippen molar-refractivity contribution < 1.29 is 0 Å². The van der Waals surface area contributed by atoms with Gasteiger partial charge in [-0.2, -0.15) is 0 Å². The second kappa shape index (κ2) is 7.34. The predicted octanol–water partition coefficient (Wildman–Crippen LogP) is 4.06. The maximum Gasteiger partial charge on any atom is 0.210 e. The first-order valence-corrected chi connectivity index (χ1v) is 9.37. The Morgan fingerprint density at radius 3 is 2.27 bits per heavy atom. The molecule has 0 bridgehead atoms. The van der Waals surface area contributed by atoms with Gasteiger partial charge in [-0.15, -0.1) is 0 Å². The van der Waals surface area contributed by atoms with Gasteiger partial charge in [-0.05, 0) is 31.5 Å². The number of rotatable bonds is 4. The molecule has 1 saturated heterocycles. The third-order valence-corrected chi connectivity index (χ3v) is 5.36. The van der Waals surface area contributed by atoms with Crippen LogP contribution in [0, 0.1) is 6.92 Å². The fourth-order valence-electron chi connectivity index (χ4n) is 3.69. The van der Waals surface area contributed by atoms with Crippen LogP contribution in [0.3, 0.4) is 0 Å². The molecule has 0 aliphatic carbocycles. The Labute approximate surface area is 155 Å². The molecule has 0 amide bonds. The van der Waals surface area contributed by atoms with Crippen molar-refractivity contribution in [3.8, 4) is 5.69 Å². The summed E-state index contributed by atoms with van der Waals surface area (Å²) in [6.45, 7) is 8.53. The van der Waals surface area contributed by atoms with E-state index in [1.54, 1.807) is 0 Å². The van der Waals surface area contributed by atoms with Gasteiger partial charge in [0.1, 0.15) is 0 Å². The summed E-state index contributed by atoms with van der Waals surface area (Å²) in [5.41, 5.74) is 3.84. The molecule has 2 heterocycles. The zero-order chi connectivity index (χ0) is 17.9. The fourth-order valence-corrected chi connectivity index (χ4v) is 3.69. The number of piperazine rings is 1. The summed E-state index contributed by atoms with van der Waals surface area (Å²) < 4.78 is 2.19. The molecule has 4 nitrogen and oxygen atoms in total. The van der Waals surface area contributed by atoms with Gasteiger partial charge in [0.2, 0.25) is 5.95 Å². The first-order valence-electron chi connectivity index (χ1n) is 9.37. The van der Waals surface area contributed by atoms with E-state index < -0.39 is 0 Å². The zero-order valence-corrected chi connectivity index (χ0v) is 15.5. The van der Waals surface area contributed by atoms with Crippen molar-refractivity contribution in [3.05, 3.63) is 78.1 Å². The van der Waals surface area contributed by atoms with Crippen LogP contribution in [0.4, 0.5) is 5.95 Å². The molecule has 1 atom stereocenters. The Balaban J connectivity index is 1.46. The van der Waals surface area contributed by atoms with Gasteiger partial charge in [-0.1, -0.05) is 48.0 Å². The summed E-state index contributed by atoms with van der Waals surface area (Å²) in [6, 6.07) is 19.9. The summed E-state index contributed by atoms with van der Waals surface area (Å²) in [5, 5.41) is 0. The van der Waals surface area contributed by atoms with Gasteiger partial charge >= 0.3 is 0 Å². The summed E-state index contributed by atoms with van der Waals surface area (Å²) in [5.74, 6) is 1.04. The van der Waals surface area contributed by atoms with Crippen LogP contribution in [-0.2, 0) is 0 Å². The smallest absolute Gasteiger partial charge is 0.210 e. The molecule has 1 aromatic heterocycles. The Hall–Kier alpha value is -2.59. The average Bonchev–Trinajstić information content (AvgIpc) is 3.19. The van der Waals surface area contributed by atoms with Gasteiger partial charge in [0.25, 0.3) is 0 Å². The lowest BCUT2D eigenvalue weighted by atomic mass is 10.1. The Bertz CT molecular complexity index is 830. The minimum atomic E-state index is 0.454. The molecule has 2 aromatic carbocycles. The maximum atomic E-state index is 4.64. The van der Waals surface area contributed by atoms with E-state index in [9.17, 15) is 0 Å². The largest absolute Gasteiger partial charge is 0.339 e. The average molecular weight is 346 g/mol. The number of hydrogen-bond acceptors (Lipinski definition) is 3. The van der Waals surface area contributed by atoms with E-state index in [1.807, 2.05) is 6.20 Å². The lowest BCUT2D eigenvalue weighted by molar-refractivity contribution is 0.197. The first kappa shape index (κ1) is 16.9. The Kier molecular flexibility index (Phi) is 4.76. The summed E-state index contributed by atoms with van der Waals surface area (Å²) in [6.07, 6.45) is 3.95.